The van der Waals surface area contributed by atoms with Gasteiger partial charge in [-0.25, -0.2) is 0 Å². The molecule has 6 nitrogen and oxygen atoms in total. The number of hydrogen-bond donors (Lipinski definition) is 3. The van der Waals surface area contributed by atoms with E-state index in [4.69, 9.17) is 5.11 Å². The first-order chi connectivity index (χ1) is 9.58. The number of H-pyrrole nitrogens is 1. The van der Waals surface area contributed by atoms with Crippen LogP contribution in [-0.2, 0) is 11.2 Å². The van der Waals surface area contributed by atoms with Gasteiger partial charge in [-0.15, -0.1) is 0 Å². The molecule has 0 bridgehead atoms. The Labute approximate surface area is 118 Å². The Bertz CT molecular complexity index is 476. The van der Waals surface area contributed by atoms with Gasteiger partial charge in [-0.2, -0.15) is 0 Å². The first-order valence-corrected chi connectivity index (χ1v) is 7.01. The molecular formula is C14H21N3O3. The van der Waals surface area contributed by atoms with Crippen LogP contribution in [-0.4, -0.2) is 52.5 Å². The van der Waals surface area contributed by atoms with Crippen molar-refractivity contribution in [2.24, 2.45) is 0 Å². The van der Waals surface area contributed by atoms with Crippen LogP contribution >= 0.6 is 0 Å². The van der Waals surface area contributed by atoms with Crippen LogP contribution in [0.5, 0.6) is 0 Å². The maximum Gasteiger partial charge on any atom is 0.317 e. The Balaban J connectivity index is 1.80. The van der Waals surface area contributed by atoms with E-state index in [-0.39, 0.29) is 18.5 Å². The molecule has 0 saturated carbocycles. The number of aromatic nitrogens is 1. The molecule has 3 N–H and O–H groups in total. The van der Waals surface area contributed by atoms with Crippen molar-refractivity contribution in [3.05, 3.63) is 23.5 Å². The molecule has 1 saturated heterocycles. The summed E-state index contributed by atoms with van der Waals surface area (Å²) in [6, 6.07) is 3.85. The van der Waals surface area contributed by atoms with E-state index in [2.05, 4.69) is 10.3 Å². The quantitative estimate of drug-likeness (QED) is 0.746. The highest BCUT2D eigenvalue weighted by Crippen LogP contribution is 2.11. The number of likely N-dealkylation sites (tertiary alicyclic amines) is 1. The topological polar surface area (TPSA) is 85.4 Å². The zero-order valence-corrected chi connectivity index (χ0v) is 11.7. The predicted octanol–water partition coefficient (Wildman–Crippen LogP) is 0.856. The SMILES string of the molecule is CCc1ccc(C(=O)NC2CCN(CC(=O)O)CC2)[nH]1. The third kappa shape index (κ3) is 3.84. The average molecular weight is 279 g/mol. The van der Waals surface area contributed by atoms with E-state index in [1.807, 2.05) is 17.9 Å². The Kier molecular flexibility index (Phi) is 4.79. The molecule has 1 aliphatic heterocycles. The second kappa shape index (κ2) is 6.56. The van der Waals surface area contributed by atoms with Crippen LogP contribution in [0.3, 0.4) is 0 Å². The number of nitrogens with zero attached hydrogens (tertiary/aromatic N) is 1. The van der Waals surface area contributed by atoms with Gasteiger partial charge in [0.2, 0.25) is 0 Å². The minimum absolute atomic E-state index is 0.0805. The molecule has 0 aromatic carbocycles. The minimum atomic E-state index is -0.800. The Morgan fingerprint density at radius 1 is 1.40 bits per heavy atom. The molecule has 1 aromatic rings. The Morgan fingerprint density at radius 2 is 2.10 bits per heavy atom. The van der Waals surface area contributed by atoms with Crippen molar-refractivity contribution in [3.63, 3.8) is 0 Å². The van der Waals surface area contributed by atoms with Crippen molar-refractivity contribution in [1.29, 1.82) is 0 Å². The smallest absolute Gasteiger partial charge is 0.317 e. The van der Waals surface area contributed by atoms with Crippen molar-refractivity contribution in [1.82, 2.24) is 15.2 Å². The van der Waals surface area contributed by atoms with Crippen LogP contribution in [0, 0.1) is 0 Å². The Hall–Kier alpha value is -1.82. The number of aryl methyl sites for hydroxylation is 1. The van der Waals surface area contributed by atoms with Crippen molar-refractivity contribution in [3.8, 4) is 0 Å². The lowest BCUT2D eigenvalue weighted by molar-refractivity contribution is -0.138. The molecule has 0 radical (unpaired) electrons. The summed E-state index contributed by atoms with van der Waals surface area (Å²) < 4.78 is 0. The van der Waals surface area contributed by atoms with Gasteiger partial charge in [0.25, 0.3) is 5.91 Å². The maximum absolute atomic E-state index is 12.1. The van der Waals surface area contributed by atoms with Crippen LogP contribution in [0.1, 0.15) is 35.9 Å². The molecule has 1 aromatic heterocycles. The molecule has 1 fully saturated rings. The third-order valence-corrected chi connectivity index (χ3v) is 3.65. The van der Waals surface area contributed by atoms with Crippen molar-refractivity contribution in [2.45, 2.75) is 32.2 Å². The molecule has 110 valence electrons. The van der Waals surface area contributed by atoms with E-state index in [9.17, 15) is 9.59 Å². The van der Waals surface area contributed by atoms with Crippen LogP contribution in [0.2, 0.25) is 0 Å². The van der Waals surface area contributed by atoms with E-state index < -0.39 is 5.97 Å². The fourth-order valence-corrected chi connectivity index (χ4v) is 2.47. The molecule has 2 heterocycles. The van der Waals surface area contributed by atoms with E-state index in [1.54, 1.807) is 6.07 Å². The number of amides is 1. The number of hydrogen-bond acceptors (Lipinski definition) is 3. The van der Waals surface area contributed by atoms with E-state index in [0.717, 1.165) is 25.0 Å². The van der Waals surface area contributed by atoms with Crippen LogP contribution in [0.15, 0.2) is 12.1 Å². The highest BCUT2D eigenvalue weighted by molar-refractivity contribution is 5.92. The summed E-state index contributed by atoms with van der Waals surface area (Å²) in [5.41, 5.74) is 1.64. The number of aromatic amines is 1. The van der Waals surface area contributed by atoms with Crippen molar-refractivity contribution in [2.75, 3.05) is 19.6 Å². The summed E-state index contributed by atoms with van der Waals surface area (Å²) in [6.45, 7) is 3.53. The van der Waals surface area contributed by atoms with Gasteiger partial charge in [0.15, 0.2) is 0 Å². The number of nitrogens with one attached hydrogen (secondary N) is 2. The molecule has 20 heavy (non-hydrogen) atoms. The molecule has 0 aliphatic carbocycles. The number of piperidine rings is 1. The Morgan fingerprint density at radius 3 is 2.65 bits per heavy atom. The normalized spacial score (nSPS) is 17.1. The number of rotatable bonds is 5. The standard InChI is InChI=1S/C14H21N3O3/c1-2-10-3-4-12(15-10)14(20)16-11-5-7-17(8-6-11)9-13(18)19/h3-4,11,15H,2,5-9H2,1H3,(H,16,20)(H,18,19). The van der Waals surface area contributed by atoms with Gasteiger partial charge in [-0.05, 0) is 31.4 Å². The van der Waals surface area contributed by atoms with Crippen molar-refractivity contribution >= 4 is 11.9 Å². The number of carboxylic acid groups (broad SMARTS) is 1. The number of carbonyl (C=O) groups excluding carboxylic acids is 1. The second-order valence-corrected chi connectivity index (χ2v) is 5.17. The number of carboxylic acids is 1. The molecule has 1 amide bonds. The number of aliphatic carboxylic acids is 1. The van der Waals surface area contributed by atoms with Gasteiger partial charge in [0.1, 0.15) is 5.69 Å². The molecular weight excluding hydrogens is 258 g/mol. The summed E-state index contributed by atoms with van der Waals surface area (Å²) in [4.78, 5) is 27.7. The number of carbonyl (C=O) groups is 2. The van der Waals surface area contributed by atoms with Gasteiger partial charge in [-0.3, -0.25) is 14.5 Å². The van der Waals surface area contributed by atoms with E-state index in [1.165, 1.54) is 0 Å². The molecule has 2 rings (SSSR count). The zero-order valence-electron chi connectivity index (χ0n) is 11.7. The van der Waals surface area contributed by atoms with Crippen LogP contribution in [0.25, 0.3) is 0 Å². The van der Waals surface area contributed by atoms with E-state index in [0.29, 0.717) is 18.8 Å². The van der Waals surface area contributed by atoms with Gasteiger partial charge >= 0.3 is 5.97 Å². The average Bonchev–Trinajstić information content (AvgIpc) is 2.89. The molecule has 0 unspecified atom stereocenters. The van der Waals surface area contributed by atoms with E-state index >= 15 is 0 Å². The first-order valence-electron chi connectivity index (χ1n) is 7.01. The monoisotopic (exact) mass is 279 g/mol. The lowest BCUT2D eigenvalue weighted by atomic mass is 10.0. The zero-order chi connectivity index (χ0) is 14.5. The third-order valence-electron chi connectivity index (χ3n) is 3.65. The van der Waals surface area contributed by atoms with Gasteiger partial charge < -0.3 is 15.4 Å². The molecule has 1 aliphatic rings. The summed E-state index contributed by atoms with van der Waals surface area (Å²) >= 11 is 0. The van der Waals surface area contributed by atoms with Gasteiger partial charge in [-0.1, -0.05) is 6.92 Å². The molecule has 6 heteroatoms. The summed E-state index contributed by atoms with van der Waals surface area (Å²) in [5.74, 6) is -0.882. The fraction of sp³-hybridized carbons (Fsp3) is 0.571. The molecule has 0 atom stereocenters. The molecule has 0 spiro atoms. The summed E-state index contributed by atoms with van der Waals surface area (Å²) in [5, 5.41) is 11.7. The second-order valence-electron chi connectivity index (χ2n) is 5.17. The minimum Gasteiger partial charge on any atom is -0.480 e. The summed E-state index contributed by atoms with van der Waals surface area (Å²) in [6.07, 6.45) is 2.46. The van der Waals surface area contributed by atoms with Crippen LogP contribution in [0.4, 0.5) is 0 Å². The van der Waals surface area contributed by atoms with Gasteiger partial charge in [0, 0.05) is 24.8 Å². The predicted molar refractivity (Wildman–Crippen MR) is 74.7 cm³/mol. The van der Waals surface area contributed by atoms with Crippen LogP contribution < -0.4 is 5.32 Å². The lowest BCUT2D eigenvalue weighted by Crippen LogP contribution is -2.46. The fourth-order valence-electron chi connectivity index (χ4n) is 2.47. The maximum atomic E-state index is 12.1. The summed E-state index contributed by atoms with van der Waals surface area (Å²) in [7, 11) is 0. The largest absolute Gasteiger partial charge is 0.480 e. The highest BCUT2D eigenvalue weighted by atomic mass is 16.4. The highest BCUT2D eigenvalue weighted by Gasteiger charge is 2.22. The van der Waals surface area contributed by atoms with Gasteiger partial charge in [0.05, 0.1) is 6.54 Å². The first kappa shape index (κ1) is 14.6. The lowest BCUT2D eigenvalue weighted by Gasteiger charge is -2.31. The van der Waals surface area contributed by atoms with Crippen molar-refractivity contribution < 1.29 is 14.7 Å².